The van der Waals surface area contributed by atoms with Crippen molar-refractivity contribution in [1.82, 2.24) is 15.5 Å². The number of hydrogen-bond donors (Lipinski definition) is 4. The number of likely N-dealkylation sites (tertiary alicyclic amines) is 1. The molecule has 9 nitrogen and oxygen atoms in total. The Bertz CT molecular complexity index is 968. The Labute approximate surface area is 229 Å². The van der Waals surface area contributed by atoms with Gasteiger partial charge in [-0.25, -0.2) is 4.79 Å². The Morgan fingerprint density at radius 2 is 1.66 bits per heavy atom. The first-order valence-corrected chi connectivity index (χ1v) is 15.1. The number of nitrogens with two attached hydrogens (primary N) is 1. The molecule has 2 heterocycles. The summed E-state index contributed by atoms with van der Waals surface area (Å²) in [5, 5.41) is 13.5. The number of nitrogen functional groups attached to an aromatic ring is 1. The van der Waals surface area contributed by atoms with E-state index in [1.165, 1.54) is 31.3 Å². The van der Waals surface area contributed by atoms with E-state index in [1.807, 2.05) is 6.07 Å². The van der Waals surface area contributed by atoms with E-state index in [0.29, 0.717) is 36.2 Å². The number of nitrogens with one attached hydrogen (secondary N) is 3. The second kappa shape index (κ2) is 13.4. The van der Waals surface area contributed by atoms with Crippen LogP contribution in [0, 0.1) is 23.2 Å². The van der Waals surface area contributed by atoms with Crippen molar-refractivity contribution in [3.8, 4) is 0 Å². The molecule has 0 radical (unpaired) electrons. The number of ether oxygens (including phenoxy) is 1. The minimum atomic E-state index is -0.683. The van der Waals surface area contributed by atoms with E-state index in [4.69, 9.17) is 15.9 Å². The molecule has 0 aromatic carbocycles. The number of carbonyl (C=O) groups excluding carboxylic acids is 3. The second-order valence-electron chi connectivity index (χ2n) is 11.1. The number of nitrogens with zero attached hydrogens (tertiary/aromatic N) is 1. The van der Waals surface area contributed by atoms with Crippen LogP contribution in [0.15, 0.2) is 12.1 Å². The monoisotopic (exact) mass is 545 g/mol. The average Bonchev–Trinajstić information content (AvgIpc) is 3.62. The molecule has 2 aliphatic carbocycles. The maximum Gasteiger partial charge on any atom is 0.407 e. The molecule has 4 rings (SSSR count). The number of carbonyl (C=O) groups is 3. The van der Waals surface area contributed by atoms with E-state index in [-0.39, 0.29) is 23.6 Å². The van der Waals surface area contributed by atoms with Gasteiger partial charge in [0.15, 0.2) is 0 Å². The van der Waals surface area contributed by atoms with Crippen molar-refractivity contribution in [2.24, 2.45) is 23.5 Å². The topological polar surface area (TPSA) is 138 Å². The molecule has 2 saturated carbocycles. The van der Waals surface area contributed by atoms with E-state index < -0.39 is 18.2 Å². The molecule has 1 aliphatic heterocycles. The van der Waals surface area contributed by atoms with Gasteiger partial charge in [0.1, 0.15) is 17.9 Å². The summed E-state index contributed by atoms with van der Waals surface area (Å²) in [6.07, 6.45) is 12.2. The smallest absolute Gasteiger partial charge is 0.407 e. The number of hydrogen-bond acceptors (Lipinski definition) is 6. The standard InChI is InChI=1S/C28H43N5O4S/c1-37-28(36)32-24(23(18-9-4-2-5-10-18)19-11-6-3-7-12-19)27(35)33-16-8-13-21(33)26(34)31-17-20-14-15-22(38-20)25(29)30/h14-15,18-19,21,23-24H,2-13,16-17H2,1H3,(H3,29,30)(H,31,34)(H,32,36)/t21?,24-/m1/s1. The fraction of sp³-hybridized carbons (Fsp3) is 0.714. The lowest BCUT2D eigenvalue weighted by molar-refractivity contribution is -0.142. The molecule has 1 aromatic rings. The molecular weight excluding hydrogens is 502 g/mol. The van der Waals surface area contributed by atoms with E-state index >= 15 is 0 Å². The van der Waals surface area contributed by atoms with Gasteiger partial charge in [-0.1, -0.05) is 64.2 Å². The van der Waals surface area contributed by atoms with Crippen LogP contribution in [0.1, 0.15) is 86.8 Å². The average molecular weight is 546 g/mol. The van der Waals surface area contributed by atoms with Crippen molar-refractivity contribution in [2.75, 3.05) is 13.7 Å². The first-order valence-electron chi connectivity index (χ1n) is 14.2. The highest BCUT2D eigenvalue weighted by atomic mass is 32.1. The van der Waals surface area contributed by atoms with E-state index in [0.717, 1.165) is 62.7 Å². The second-order valence-corrected chi connectivity index (χ2v) is 12.2. The van der Waals surface area contributed by atoms with Gasteiger partial charge in [0.25, 0.3) is 0 Å². The van der Waals surface area contributed by atoms with Crippen LogP contribution in [0.25, 0.3) is 0 Å². The fourth-order valence-electron chi connectivity index (χ4n) is 6.87. The van der Waals surface area contributed by atoms with Gasteiger partial charge in [-0.3, -0.25) is 15.0 Å². The Hall–Kier alpha value is -2.62. The highest BCUT2D eigenvalue weighted by Crippen LogP contribution is 2.42. The number of methoxy groups -OCH3 is 1. The SMILES string of the molecule is COC(=O)N[C@@H](C(=O)N1CCCC1C(=O)NCc1ccc(C(=N)N)s1)C(C1CCCCC1)C1CCCCC1. The number of rotatable bonds is 9. The summed E-state index contributed by atoms with van der Waals surface area (Å²) in [5.74, 6) is 0.517. The first-order chi connectivity index (χ1) is 18.4. The van der Waals surface area contributed by atoms with E-state index in [9.17, 15) is 14.4 Å². The molecule has 210 valence electrons. The van der Waals surface area contributed by atoms with Crippen LogP contribution in [0.2, 0.25) is 0 Å². The van der Waals surface area contributed by atoms with Gasteiger partial charge in [0, 0.05) is 11.4 Å². The van der Waals surface area contributed by atoms with E-state index in [2.05, 4.69) is 10.6 Å². The van der Waals surface area contributed by atoms with Gasteiger partial charge < -0.3 is 26.0 Å². The number of amidine groups is 1. The van der Waals surface area contributed by atoms with Crippen molar-refractivity contribution in [3.05, 3.63) is 21.9 Å². The predicted molar refractivity (Wildman–Crippen MR) is 148 cm³/mol. The molecule has 3 amide bonds. The highest BCUT2D eigenvalue weighted by molar-refractivity contribution is 7.14. The maximum absolute atomic E-state index is 14.2. The molecule has 5 N–H and O–H groups in total. The highest BCUT2D eigenvalue weighted by Gasteiger charge is 2.45. The molecule has 3 fully saturated rings. The molecule has 0 bridgehead atoms. The third kappa shape index (κ3) is 6.87. The van der Waals surface area contributed by atoms with Crippen LogP contribution in [0.3, 0.4) is 0 Å². The van der Waals surface area contributed by atoms with Crippen LogP contribution in [-0.2, 0) is 20.9 Å². The molecule has 1 saturated heterocycles. The maximum atomic E-state index is 14.2. The lowest BCUT2D eigenvalue weighted by Gasteiger charge is -2.43. The van der Waals surface area contributed by atoms with Gasteiger partial charge in [0.2, 0.25) is 11.8 Å². The van der Waals surface area contributed by atoms with Gasteiger partial charge in [-0.2, -0.15) is 0 Å². The number of amides is 3. The minimum absolute atomic E-state index is 0.00905. The normalized spacial score (nSPS) is 21.7. The van der Waals surface area contributed by atoms with Crippen molar-refractivity contribution in [2.45, 2.75) is 95.7 Å². The van der Waals surface area contributed by atoms with Crippen molar-refractivity contribution < 1.29 is 19.1 Å². The Balaban J connectivity index is 1.52. The van der Waals surface area contributed by atoms with Crippen LogP contribution < -0.4 is 16.4 Å². The minimum Gasteiger partial charge on any atom is -0.453 e. The Morgan fingerprint density at radius 3 is 2.21 bits per heavy atom. The molecule has 38 heavy (non-hydrogen) atoms. The summed E-state index contributed by atoms with van der Waals surface area (Å²) in [6.45, 7) is 0.831. The lowest BCUT2D eigenvalue weighted by atomic mass is 9.66. The predicted octanol–water partition coefficient (Wildman–Crippen LogP) is 4.14. The van der Waals surface area contributed by atoms with E-state index in [1.54, 1.807) is 11.0 Å². The Kier molecular flexibility index (Phi) is 10.0. The zero-order valence-electron chi connectivity index (χ0n) is 22.5. The van der Waals surface area contributed by atoms with Crippen molar-refractivity contribution in [1.29, 1.82) is 5.41 Å². The van der Waals surface area contributed by atoms with Crippen LogP contribution in [0.5, 0.6) is 0 Å². The third-order valence-corrected chi connectivity index (χ3v) is 9.82. The summed E-state index contributed by atoms with van der Waals surface area (Å²) < 4.78 is 4.98. The van der Waals surface area contributed by atoms with Crippen LogP contribution in [-0.4, -0.2) is 54.4 Å². The summed E-state index contributed by atoms with van der Waals surface area (Å²) in [7, 11) is 1.33. The number of alkyl carbamates (subject to hydrolysis) is 1. The summed E-state index contributed by atoms with van der Waals surface area (Å²) in [6, 6.07) is 2.39. The molecule has 10 heteroatoms. The molecule has 1 unspecified atom stereocenters. The van der Waals surface area contributed by atoms with Crippen molar-refractivity contribution >= 4 is 35.1 Å². The van der Waals surface area contributed by atoms with Crippen LogP contribution >= 0.6 is 11.3 Å². The molecule has 3 aliphatic rings. The van der Waals surface area contributed by atoms with Gasteiger partial charge in [0.05, 0.1) is 18.5 Å². The summed E-state index contributed by atoms with van der Waals surface area (Å²) >= 11 is 1.38. The quantitative estimate of drug-likeness (QED) is 0.273. The largest absolute Gasteiger partial charge is 0.453 e. The zero-order chi connectivity index (χ0) is 27.1. The molecule has 1 aromatic heterocycles. The molecule has 0 spiro atoms. The summed E-state index contributed by atoms with van der Waals surface area (Å²) in [5.41, 5.74) is 5.56. The first kappa shape index (κ1) is 28.4. The number of thiophene rings is 1. The van der Waals surface area contributed by atoms with Crippen LogP contribution in [0.4, 0.5) is 4.79 Å². The van der Waals surface area contributed by atoms with Crippen molar-refractivity contribution in [3.63, 3.8) is 0 Å². The molecule has 2 atom stereocenters. The zero-order valence-corrected chi connectivity index (χ0v) is 23.3. The Morgan fingerprint density at radius 1 is 1.03 bits per heavy atom. The lowest BCUT2D eigenvalue weighted by Crippen LogP contribution is -2.58. The third-order valence-electron chi connectivity index (χ3n) is 8.70. The van der Waals surface area contributed by atoms with Gasteiger partial charge in [-0.05, 0) is 42.7 Å². The summed E-state index contributed by atoms with van der Waals surface area (Å²) in [4.78, 5) is 43.3. The fourth-order valence-corrected chi connectivity index (χ4v) is 7.68. The van der Waals surface area contributed by atoms with Gasteiger partial charge in [-0.15, -0.1) is 11.3 Å². The van der Waals surface area contributed by atoms with Gasteiger partial charge >= 0.3 is 6.09 Å². The molecular formula is C28H43N5O4S.